The van der Waals surface area contributed by atoms with E-state index in [9.17, 15) is 9.90 Å². The number of carbonyl (C=O) groups is 1. The fourth-order valence-electron chi connectivity index (χ4n) is 7.05. The first-order valence-electron chi connectivity index (χ1n) is 16.4. The van der Waals surface area contributed by atoms with Crippen LogP contribution in [0.5, 0.6) is 0 Å². The highest BCUT2D eigenvalue weighted by Gasteiger charge is 2.57. The molecule has 0 radical (unpaired) electrons. The Morgan fingerprint density at radius 2 is 1.89 bits per heavy atom. The highest BCUT2D eigenvalue weighted by molar-refractivity contribution is 6.74. The summed E-state index contributed by atoms with van der Waals surface area (Å²) in [5.41, 5.74) is 0.949. The molecule has 4 rings (SSSR count). The van der Waals surface area contributed by atoms with Crippen LogP contribution in [0.25, 0.3) is 0 Å². The fourth-order valence-corrected chi connectivity index (χ4v) is 8.55. The van der Waals surface area contributed by atoms with E-state index in [1.54, 1.807) is 32.4 Å². The maximum absolute atomic E-state index is 13.5. The fraction of sp³-hybridized carbons (Fsp3) is 0.743. The Morgan fingerprint density at radius 1 is 1.18 bits per heavy atom. The number of aromatic amines is 1. The number of aliphatic hydroxyl groups excluding tert-OH is 1. The largest absolute Gasteiger partial charge is 0.455 e. The molecule has 44 heavy (non-hydrogen) atoms. The van der Waals surface area contributed by atoms with Gasteiger partial charge in [-0.05, 0) is 69.5 Å². The van der Waals surface area contributed by atoms with Gasteiger partial charge in [-0.2, -0.15) is 0 Å². The highest BCUT2D eigenvalue weighted by Crippen LogP contribution is 2.53. The number of fused-ring (bicyclic) bond motifs is 1. The van der Waals surface area contributed by atoms with Gasteiger partial charge in [0.2, 0.25) is 0 Å². The van der Waals surface area contributed by atoms with E-state index < -0.39 is 32.1 Å². The van der Waals surface area contributed by atoms with E-state index >= 15 is 0 Å². The minimum atomic E-state index is -2.09. The first-order valence-corrected chi connectivity index (χ1v) is 19.3. The molecular formula is C35H57NO7Si. The van der Waals surface area contributed by atoms with Crippen LogP contribution in [0.15, 0.2) is 42.1 Å². The summed E-state index contributed by atoms with van der Waals surface area (Å²) in [7, 11) is -0.377. The minimum Gasteiger partial charge on any atom is -0.455 e. The second kappa shape index (κ2) is 13.5. The van der Waals surface area contributed by atoms with Crippen LogP contribution >= 0.6 is 0 Å². The summed E-state index contributed by atoms with van der Waals surface area (Å²) in [6, 6.07) is 3.54. The first kappa shape index (κ1) is 35.1. The molecule has 1 aromatic rings. The third-order valence-electron chi connectivity index (χ3n) is 10.9. The first-order chi connectivity index (χ1) is 20.5. The van der Waals surface area contributed by atoms with Crippen LogP contribution in [0.1, 0.15) is 78.7 Å². The quantitative estimate of drug-likeness (QED) is 0.178. The summed E-state index contributed by atoms with van der Waals surface area (Å²) >= 11 is 0. The lowest BCUT2D eigenvalue weighted by Gasteiger charge is -2.43. The average molecular weight is 632 g/mol. The van der Waals surface area contributed by atoms with Crippen molar-refractivity contribution in [2.75, 3.05) is 13.7 Å². The van der Waals surface area contributed by atoms with Gasteiger partial charge in [-0.25, -0.2) is 4.79 Å². The Morgan fingerprint density at radius 3 is 2.48 bits per heavy atom. The summed E-state index contributed by atoms with van der Waals surface area (Å²) in [5.74, 6) is -0.441. The molecular weight excluding hydrogens is 574 g/mol. The zero-order valence-electron chi connectivity index (χ0n) is 28.8. The molecule has 8 nitrogen and oxygen atoms in total. The van der Waals surface area contributed by atoms with Gasteiger partial charge in [-0.3, -0.25) is 0 Å². The Bertz CT molecular complexity index is 1170. The lowest BCUT2D eigenvalue weighted by atomic mass is 9.69. The predicted molar refractivity (Wildman–Crippen MR) is 175 cm³/mol. The number of ether oxygens (including phenoxy) is 4. The molecule has 0 saturated carbocycles. The van der Waals surface area contributed by atoms with Crippen LogP contribution in [-0.4, -0.2) is 80.3 Å². The third kappa shape index (κ3) is 7.13. The maximum atomic E-state index is 13.5. The number of rotatable bonds is 9. The molecule has 0 unspecified atom stereocenters. The molecule has 3 heterocycles. The van der Waals surface area contributed by atoms with Crippen LogP contribution < -0.4 is 0 Å². The normalized spacial score (nSPS) is 35.1. The zero-order chi connectivity index (χ0) is 32.6. The van der Waals surface area contributed by atoms with E-state index in [1.807, 2.05) is 0 Å². The number of aromatic nitrogens is 1. The van der Waals surface area contributed by atoms with Gasteiger partial charge in [0.05, 0.1) is 30.5 Å². The number of carbonyl (C=O) groups excluding carboxylic acids is 1. The topological polar surface area (TPSA) is 99.2 Å². The van der Waals surface area contributed by atoms with Gasteiger partial charge in [0.25, 0.3) is 0 Å². The summed E-state index contributed by atoms with van der Waals surface area (Å²) in [4.78, 5) is 16.5. The van der Waals surface area contributed by atoms with Gasteiger partial charge >= 0.3 is 5.97 Å². The molecule has 0 aromatic carbocycles. The van der Waals surface area contributed by atoms with Crippen molar-refractivity contribution >= 4 is 14.3 Å². The van der Waals surface area contributed by atoms with Gasteiger partial charge < -0.3 is 33.5 Å². The molecule has 3 aliphatic rings. The standard InChI is InChI=1S/C35H57NO7Si/c1-21-17-22(2)35-19-26(14-15-27(35)18-28(39-9)20-40-30(21)24(4)37)32(42-35)31(41-33(38)29-13-12-16-36-29)23(3)25(5)43-44(10,11)34(6,7)8/h12-17,21,23-28,30-32,36-37H,18-20H2,1-11H3/b22-17+/t21-,23-,24-,25+,26-,27-,28+,30-,31-,32-,35+/m1/s1. The van der Waals surface area contributed by atoms with Gasteiger partial charge in [0.1, 0.15) is 17.9 Å². The molecule has 2 N–H and O–H groups in total. The van der Waals surface area contributed by atoms with E-state index in [4.69, 9.17) is 23.4 Å². The average Bonchev–Trinajstić information content (AvgIpc) is 3.58. The Hall–Kier alpha value is -1.75. The van der Waals surface area contributed by atoms with Gasteiger partial charge in [0, 0.05) is 43.1 Å². The summed E-state index contributed by atoms with van der Waals surface area (Å²) in [5, 5.41) is 10.6. The molecule has 1 spiro atoms. The Kier molecular flexibility index (Phi) is 10.8. The molecule has 1 aromatic heterocycles. The third-order valence-corrected chi connectivity index (χ3v) is 15.5. The van der Waals surface area contributed by atoms with Crippen LogP contribution in [-0.2, 0) is 23.4 Å². The van der Waals surface area contributed by atoms with Crippen molar-refractivity contribution in [3.05, 3.63) is 47.8 Å². The van der Waals surface area contributed by atoms with Crippen molar-refractivity contribution in [2.45, 2.75) is 129 Å². The minimum absolute atomic E-state index is 0.0360. The molecule has 11 atom stereocenters. The second-order valence-electron chi connectivity index (χ2n) is 15.1. The summed E-state index contributed by atoms with van der Waals surface area (Å²) < 4.78 is 32.6. The predicted octanol–water partition coefficient (Wildman–Crippen LogP) is 6.68. The molecule has 2 aliphatic heterocycles. The molecule has 1 aliphatic carbocycles. The molecule has 248 valence electrons. The number of esters is 1. The van der Waals surface area contributed by atoms with E-state index in [0.29, 0.717) is 18.7 Å². The van der Waals surface area contributed by atoms with Crippen molar-refractivity contribution in [2.24, 2.45) is 23.7 Å². The van der Waals surface area contributed by atoms with Gasteiger partial charge in [-0.1, -0.05) is 52.8 Å². The van der Waals surface area contributed by atoms with Gasteiger partial charge in [-0.15, -0.1) is 0 Å². The Balaban J connectivity index is 1.72. The van der Waals surface area contributed by atoms with E-state index in [0.717, 1.165) is 12.0 Å². The number of hydrogen-bond donors (Lipinski definition) is 2. The van der Waals surface area contributed by atoms with Crippen molar-refractivity contribution in [1.29, 1.82) is 0 Å². The monoisotopic (exact) mass is 631 g/mol. The SMILES string of the molecule is CO[C@@H]1CO[C@@H]([C@@H](C)O)[C@H](C)/C=C(\C)[C@@]23C[C@@H](C=C[C@@H]2C1)[C@H]([C@H](OC(=O)c1ccc[nH]1)[C@H](C)[C@H](C)O[Si](C)(C)C(C)(C)C)O3. The van der Waals surface area contributed by atoms with Crippen molar-refractivity contribution in [1.82, 2.24) is 4.98 Å². The number of H-pyrrole nitrogens is 1. The summed E-state index contributed by atoms with van der Waals surface area (Å²) in [6.07, 6.45) is 7.79. The van der Waals surface area contributed by atoms with Crippen molar-refractivity contribution in [3.8, 4) is 0 Å². The number of nitrogens with one attached hydrogen (secondary N) is 1. The van der Waals surface area contributed by atoms with Crippen LogP contribution in [0, 0.1) is 23.7 Å². The van der Waals surface area contributed by atoms with Crippen molar-refractivity contribution < 1.29 is 33.3 Å². The van der Waals surface area contributed by atoms with E-state index in [2.05, 4.69) is 84.8 Å². The molecule has 1 saturated heterocycles. The Labute approximate surface area is 266 Å². The summed E-state index contributed by atoms with van der Waals surface area (Å²) in [6.45, 7) is 21.9. The molecule has 1 fully saturated rings. The molecule has 2 bridgehead atoms. The van der Waals surface area contributed by atoms with Crippen LogP contribution in [0.2, 0.25) is 18.1 Å². The number of aliphatic hydroxyl groups is 1. The highest BCUT2D eigenvalue weighted by atomic mass is 28.4. The van der Waals surface area contributed by atoms with Crippen LogP contribution in [0.4, 0.5) is 0 Å². The smallest absolute Gasteiger partial charge is 0.355 e. The molecule has 0 amide bonds. The van der Waals surface area contributed by atoms with Crippen LogP contribution in [0.3, 0.4) is 0 Å². The van der Waals surface area contributed by atoms with Crippen molar-refractivity contribution in [3.63, 3.8) is 0 Å². The molecule has 9 heteroatoms. The number of hydrogen-bond acceptors (Lipinski definition) is 7. The lowest BCUT2D eigenvalue weighted by Crippen LogP contribution is -2.50. The number of methoxy groups -OCH3 is 1. The maximum Gasteiger partial charge on any atom is 0.355 e. The lowest BCUT2D eigenvalue weighted by molar-refractivity contribution is -0.129. The van der Waals surface area contributed by atoms with Gasteiger partial charge in [0.15, 0.2) is 8.32 Å². The van der Waals surface area contributed by atoms with E-state index in [-0.39, 0.29) is 53.1 Å². The zero-order valence-corrected chi connectivity index (χ0v) is 29.8. The van der Waals surface area contributed by atoms with E-state index in [1.165, 1.54) is 0 Å². The second-order valence-corrected chi connectivity index (χ2v) is 19.8.